The lowest BCUT2D eigenvalue weighted by Gasteiger charge is -2.04. The number of anilines is 2. The van der Waals surface area contributed by atoms with Gasteiger partial charge in [0.1, 0.15) is 9.90 Å². The molecule has 0 unspecified atom stereocenters. The molecule has 0 amide bonds. The molecule has 9 heteroatoms. The molecule has 0 fully saturated rings. The first-order chi connectivity index (χ1) is 8.39. The highest BCUT2D eigenvalue weighted by molar-refractivity contribution is 7.91. The molecule has 0 spiro atoms. The van der Waals surface area contributed by atoms with Crippen LogP contribution in [0.3, 0.4) is 0 Å². The van der Waals surface area contributed by atoms with Gasteiger partial charge in [0.05, 0.1) is 17.7 Å². The summed E-state index contributed by atoms with van der Waals surface area (Å²) in [5.41, 5.74) is 8.27. The van der Waals surface area contributed by atoms with Gasteiger partial charge in [-0.3, -0.25) is 0 Å². The van der Waals surface area contributed by atoms with Crippen LogP contribution >= 0.6 is 22.9 Å². The van der Waals surface area contributed by atoms with E-state index in [0.717, 1.165) is 28.4 Å². The van der Waals surface area contributed by atoms with Crippen LogP contribution in [0.2, 0.25) is 0 Å². The predicted molar refractivity (Wildman–Crippen MR) is 73.8 cm³/mol. The number of aryl methyl sites for hydroxylation is 1. The minimum atomic E-state index is -3.37. The molecule has 0 saturated carbocycles. The summed E-state index contributed by atoms with van der Waals surface area (Å²) in [6.07, 6.45) is 1.12. The van der Waals surface area contributed by atoms with Crippen molar-refractivity contribution in [3.63, 3.8) is 0 Å². The van der Waals surface area contributed by atoms with E-state index in [1.165, 1.54) is 11.3 Å². The normalized spacial score (nSPS) is 11.7. The van der Waals surface area contributed by atoms with Crippen molar-refractivity contribution in [2.75, 3.05) is 17.3 Å². The standard InChI is InChI=1S/C9H12N4O2S3/c1-5-6(16-4-12-5)3-11-9-7(18(2,14)15)8(10)13-17-9/h4,11H,3H2,1-2H3,(H2,10,13). The summed E-state index contributed by atoms with van der Waals surface area (Å²) < 4.78 is 27.1. The summed E-state index contributed by atoms with van der Waals surface area (Å²) in [6, 6.07) is 0. The van der Waals surface area contributed by atoms with Crippen molar-refractivity contribution in [1.29, 1.82) is 0 Å². The Labute approximate surface area is 113 Å². The number of nitrogens with two attached hydrogens (primary N) is 1. The fraction of sp³-hybridized carbons (Fsp3) is 0.333. The zero-order valence-corrected chi connectivity index (χ0v) is 12.2. The average molecular weight is 304 g/mol. The Kier molecular flexibility index (Phi) is 3.55. The average Bonchev–Trinajstić information content (AvgIpc) is 2.81. The molecule has 0 aliphatic heterocycles. The van der Waals surface area contributed by atoms with Gasteiger partial charge in [-0.1, -0.05) is 0 Å². The second-order valence-corrected chi connectivity index (χ2v) is 7.38. The highest BCUT2D eigenvalue weighted by Gasteiger charge is 2.21. The number of hydrogen-bond acceptors (Lipinski definition) is 8. The van der Waals surface area contributed by atoms with Gasteiger partial charge in [0, 0.05) is 11.1 Å². The largest absolute Gasteiger partial charge is 0.382 e. The summed E-state index contributed by atoms with van der Waals surface area (Å²) in [5.74, 6) is 0.0472. The van der Waals surface area contributed by atoms with Crippen LogP contribution in [0.1, 0.15) is 10.6 Å². The summed E-state index contributed by atoms with van der Waals surface area (Å²) in [5, 5.41) is 3.53. The van der Waals surface area contributed by atoms with E-state index in [0.29, 0.717) is 11.5 Å². The number of nitrogen functional groups attached to an aromatic ring is 1. The summed E-state index contributed by atoms with van der Waals surface area (Å²) >= 11 is 2.57. The van der Waals surface area contributed by atoms with E-state index in [1.54, 1.807) is 5.51 Å². The second kappa shape index (κ2) is 4.82. The van der Waals surface area contributed by atoms with E-state index in [-0.39, 0.29) is 10.7 Å². The molecule has 3 N–H and O–H groups in total. The number of aromatic nitrogens is 2. The minimum absolute atomic E-state index is 0.0472. The highest BCUT2D eigenvalue weighted by Crippen LogP contribution is 2.31. The van der Waals surface area contributed by atoms with E-state index in [4.69, 9.17) is 5.73 Å². The Hall–Kier alpha value is -1.19. The van der Waals surface area contributed by atoms with Gasteiger partial charge in [0.25, 0.3) is 0 Å². The van der Waals surface area contributed by atoms with Crippen LogP contribution in [0, 0.1) is 6.92 Å². The number of thiazole rings is 1. The lowest BCUT2D eigenvalue weighted by Crippen LogP contribution is -2.05. The van der Waals surface area contributed by atoms with Gasteiger partial charge in [-0.25, -0.2) is 13.4 Å². The molecule has 0 atom stereocenters. The maximum atomic E-state index is 11.6. The first kappa shape index (κ1) is 13.2. The topological polar surface area (TPSA) is 98.0 Å². The molecule has 0 saturated heterocycles. The van der Waals surface area contributed by atoms with Gasteiger partial charge in [-0.05, 0) is 18.5 Å². The molecular formula is C9H12N4O2S3. The van der Waals surface area contributed by atoms with E-state index in [2.05, 4.69) is 14.7 Å². The van der Waals surface area contributed by atoms with E-state index < -0.39 is 9.84 Å². The molecule has 0 radical (unpaired) electrons. The third-order valence-electron chi connectivity index (χ3n) is 2.30. The van der Waals surface area contributed by atoms with Crippen molar-refractivity contribution in [3.05, 3.63) is 16.1 Å². The Balaban J connectivity index is 2.24. The van der Waals surface area contributed by atoms with Gasteiger partial charge in [0.2, 0.25) is 0 Å². The van der Waals surface area contributed by atoms with Crippen LogP contribution < -0.4 is 11.1 Å². The Morgan fingerprint density at radius 2 is 2.22 bits per heavy atom. The SMILES string of the molecule is Cc1ncsc1CNc1snc(N)c1S(C)(=O)=O. The first-order valence-corrected chi connectivity index (χ1v) is 8.52. The van der Waals surface area contributed by atoms with Gasteiger partial charge < -0.3 is 11.1 Å². The number of hydrogen-bond donors (Lipinski definition) is 2. The van der Waals surface area contributed by atoms with Crippen LogP contribution in [0.4, 0.5) is 10.8 Å². The van der Waals surface area contributed by atoms with Crippen LogP contribution in [0.25, 0.3) is 0 Å². The molecule has 2 heterocycles. The van der Waals surface area contributed by atoms with Crippen LogP contribution in [0.15, 0.2) is 10.4 Å². The molecule has 0 aliphatic carbocycles. The number of rotatable bonds is 4. The zero-order chi connectivity index (χ0) is 13.3. The minimum Gasteiger partial charge on any atom is -0.382 e. The Morgan fingerprint density at radius 1 is 1.50 bits per heavy atom. The molecule has 6 nitrogen and oxygen atoms in total. The van der Waals surface area contributed by atoms with Gasteiger partial charge in [-0.15, -0.1) is 11.3 Å². The smallest absolute Gasteiger partial charge is 0.182 e. The third kappa shape index (κ3) is 2.62. The van der Waals surface area contributed by atoms with E-state index in [1.807, 2.05) is 6.92 Å². The van der Waals surface area contributed by atoms with Gasteiger partial charge in [0.15, 0.2) is 15.7 Å². The van der Waals surface area contributed by atoms with Crippen molar-refractivity contribution in [2.45, 2.75) is 18.4 Å². The molecule has 18 heavy (non-hydrogen) atoms. The summed E-state index contributed by atoms with van der Waals surface area (Å²) in [6.45, 7) is 2.42. The fourth-order valence-corrected chi connectivity index (χ4v) is 4.20. The molecule has 98 valence electrons. The molecule has 0 aliphatic rings. The van der Waals surface area contributed by atoms with E-state index >= 15 is 0 Å². The summed E-state index contributed by atoms with van der Waals surface area (Å²) in [7, 11) is -3.37. The van der Waals surface area contributed by atoms with Crippen molar-refractivity contribution in [1.82, 2.24) is 9.36 Å². The predicted octanol–water partition coefficient (Wildman–Crippen LogP) is 1.51. The van der Waals surface area contributed by atoms with Gasteiger partial charge in [-0.2, -0.15) is 4.37 Å². The number of nitrogens with zero attached hydrogens (tertiary/aromatic N) is 2. The molecule has 2 aromatic heterocycles. The van der Waals surface area contributed by atoms with Crippen LogP contribution in [-0.4, -0.2) is 24.0 Å². The molecule has 0 aromatic carbocycles. The Morgan fingerprint density at radius 3 is 2.78 bits per heavy atom. The molecule has 2 aromatic rings. The van der Waals surface area contributed by atoms with Crippen molar-refractivity contribution in [2.24, 2.45) is 0 Å². The van der Waals surface area contributed by atoms with Crippen LogP contribution in [-0.2, 0) is 16.4 Å². The maximum absolute atomic E-state index is 11.6. The second-order valence-electron chi connectivity index (χ2n) is 3.71. The maximum Gasteiger partial charge on any atom is 0.182 e. The lowest BCUT2D eigenvalue weighted by atomic mass is 10.4. The fourth-order valence-electron chi connectivity index (χ4n) is 1.42. The summed E-state index contributed by atoms with van der Waals surface area (Å²) in [4.78, 5) is 5.26. The van der Waals surface area contributed by atoms with Crippen molar-refractivity contribution >= 4 is 43.5 Å². The van der Waals surface area contributed by atoms with Crippen LogP contribution in [0.5, 0.6) is 0 Å². The molecular weight excluding hydrogens is 292 g/mol. The lowest BCUT2D eigenvalue weighted by molar-refractivity contribution is 0.602. The van der Waals surface area contributed by atoms with E-state index in [9.17, 15) is 8.42 Å². The third-order valence-corrected chi connectivity index (χ3v) is 5.34. The number of sulfone groups is 1. The van der Waals surface area contributed by atoms with Crippen molar-refractivity contribution in [3.8, 4) is 0 Å². The molecule has 0 bridgehead atoms. The van der Waals surface area contributed by atoms with Crippen molar-refractivity contribution < 1.29 is 8.42 Å². The monoisotopic (exact) mass is 304 g/mol. The zero-order valence-electron chi connectivity index (χ0n) is 9.80. The highest BCUT2D eigenvalue weighted by atomic mass is 32.2. The Bertz CT molecular complexity index is 659. The number of nitrogens with one attached hydrogen (secondary N) is 1. The van der Waals surface area contributed by atoms with Gasteiger partial charge >= 0.3 is 0 Å². The first-order valence-electron chi connectivity index (χ1n) is 4.97. The molecule has 2 rings (SSSR count). The quantitative estimate of drug-likeness (QED) is 0.888.